The summed E-state index contributed by atoms with van der Waals surface area (Å²) in [7, 11) is 4.31. The Morgan fingerprint density at radius 1 is 1.20 bits per heavy atom. The number of likely N-dealkylation sites (N-methyl/N-ethyl adjacent to an activating group) is 2. The second kappa shape index (κ2) is 8.12. The molecule has 15 heavy (non-hydrogen) atoms. The molecule has 0 aromatic rings. The molecule has 1 N–H and O–H groups in total. The third kappa shape index (κ3) is 6.16. The van der Waals surface area contributed by atoms with Crippen molar-refractivity contribution in [1.29, 1.82) is 0 Å². The van der Waals surface area contributed by atoms with Gasteiger partial charge in [-0.15, -0.1) is 0 Å². The Morgan fingerprint density at radius 3 is 2.20 bits per heavy atom. The van der Waals surface area contributed by atoms with E-state index in [1.54, 1.807) is 0 Å². The van der Waals surface area contributed by atoms with Gasteiger partial charge in [-0.1, -0.05) is 27.2 Å². The van der Waals surface area contributed by atoms with Crippen LogP contribution in [0.2, 0.25) is 0 Å². The van der Waals surface area contributed by atoms with E-state index >= 15 is 0 Å². The monoisotopic (exact) mass is 214 g/mol. The first-order valence-corrected chi connectivity index (χ1v) is 6.39. The summed E-state index contributed by atoms with van der Waals surface area (Å²) in [5.41, 5.74) is 0. The molecule has 0 aliphatic heterocycles. The van der Waals surface area contributed by atoms with Crippen LogP contribution in [-0.2, 0) is 0 Å². The molecule has 0 radical (unpaired) electrons. The summed E-state index contributed by atoms with van der Waals surface area (Å²) in [6.07, 6.45) is 3.85. The predicted molar refractivity (Wildman–Crippen MR) is 69.3 cm³/mol. The number of nitrogens with one attached hydrogen (secondary N) is 1. The van der Waals surface area contributed by atoms with Gasteiger partial charge in [0.1, 0.15) is 0 Å². The van der Waals surface area contributed by atoms with Crippen LogP contribution in [-0.4, -0.2) is 37.6 Å². The van der Waals surface area contributed by atoms with Gasteiger partial charge in [-0.3, -0.25) is 4.90 Å². The van der Waals surface area contributed by atoms with Crippen LogP contribution in [0.1, 0.15) is 47.0 Å². The van der Waals surface area contributed by atoms with E-state index in [4.69, 9.17) is 0 Å². The van der Waals surface area contributed by atoms with Crippen molar-refractivity contribution in [3.63, 3.8) is 0 Å². The van der Waals surface area contributed by atoms with Gasteiger partial charge in [-0.2, -0.15) is 0 Å². The smallest absolute Gasteiger partial charge is 0.0220 e. The summed E-state index contributed by atoms with van der Waals surface area (Å²) in [6, 6.07) is 1.38. The molecular formula is C13H30N2. The van der Waals surface area contributed by atoms with Gasteiger partial charge in [0.2, 0.25) is 0 Å². The highest BCUT2D eigenvalue weighted by atomic mass is 15.2. The molecule has 92 valence electrons. The maximum Gasteiger partial charge on any atom is 0.0220 e. The van der Waals surface area contributed by atoms with E-state index < -0.39 is 0 Å². The maximum absolute atomic E-state index is 3.30. The molecule has 2 heteroatoms. The van der Waals surface area contributed by atoms with Gasteiger partial charge in [0, 0.05) is 18.6 Å². The SMILES string of the molecule is CCCC(CNC)N(C)C(C)CC(C)C. The molecule has 0 fully saturated rings. The van der Waals surface area contributed by atoms with Gasteiger partial charge < -0.3 is 5.32 Å². The van der Waals surface area contributed by atoms with E-state index in [0.29, 0.717) is 12.1 Å². The van der Waals surface area contributed by atoms with Gasteiger partial charge in [0.15, 0.2) is 0 Å². The van der Waals surface area contributed by atoms with E-state index in [9.17, 15) is 0 Å². The highest BCUT2D eigenvalue weighted by molar-refractivity contribution is 4.75. The lowest BCUT2D eigenvalue weighted by Crippen LogP contribution is -2.44. The summed E-state index contributed by atoms with van der Waals surface area (Å²) in [4.78, 5) is 2.54. The molecule has 0 aromatic heterocycles. The topological polar surface area (TPSA) is 15.3 Å². The van der Waals surface area contributed by atoms with Gasteiger partial charge in [-0.05, 0) is 39.8 Å². The third-order valence-corrected chi connectivity index (χ3v) is 3.15. The Balaban J connectivity index is 4.14. The average Bonchev–Trinajstić information content (AvgIpc) is 2.15. The maximum atomic E-state index is 3.30. The van der Waals surface area contributed by atoms with Gasteiger partial charge in [0.25, 0.3) is 0 Å². The van der Waals surface area contributed by atoms with E-state index in [1.807, 2.05) is 7.05 Å². The van der Waals surface area contributed by atoms with Crippen molar-refractivity contribution < 1.29 is 0 Å². The van der Waals surface area contributed by atoms with Crippen molar-refractivity contribution in [1.82, 2.24) is 10.2 Å². The molecule has 2 nitrogen and oxygen atoms in total. The number of hydrogen-bond acceptors (Lipinski definition) is 2. The Labute approximate surface area is 96.4 Å². The molecule has 0 bridgehead atoms. The van der Waals surface area contributed by atoms with Crippen molar-refractivity contribution in [2.45, 2.75) is 59.0 Å². The van der Waals surface area contributed by atoms with E-state index in [-0.39, 0.29) is 0 Å². The fraction of sp³-hybridized carbons (Fsp3) is 1.00. The van der Waals surface area contributed by atoms with Crippen molar-refractivity contribution >= 4 is 0 Å². The number of nitrogens with zero attached hydrogens (tertiary/aromatic N) is 1. The van der Waals surface area contributed by atoms with Crippen molar-refractivity contribution in [2.24, 2.45) is 5.92 Å². The lowest BCUT2D eigenvalue weighted by molar-refractivity contribution is 0.154. The first kappa shape index (κ1) is 14.9. The molecule has 0 saturated carbocycles. The van der Waals surface area contributed by atoms with Gasteiger partial charge >= 0.3 is 0 Å². The predicted octanol–water partition coefficient (Wildman–Crippen LogP) is 2.74. The quantitative estimate of drug-likeness (QED) is 0.668. The Hall–Kier alpha value is -0.0800. The summed E-state index contributed by atoms with van der Waals surface area (Å²) in [5, 5.41) is 3.30. The normalized spacial score (nSPS) is 16.0. The molecule has 2 unspecified atom stereocenters. The summed E-state index contributed by atoms with van der Waals surface area (Å²) in [5.74, 6) is 0.791. The minimum atomic E-state index is 0.689. The summed E-state index contributed by atoms with van der Waals surface area (Å²) in [6.45, 7) is 10.3. The molecular weight excluding hydrogens is 184 g/mol. The fourth-order valence-corrected chi connectivity index (χ4v) is 2.23. The van der Waals surface area contributed by atoms with E-state index in [1.165, 1.54) is 19.3 Å². The zero-order valence-electron chi connectivity index (χ0n) is 11.5. The number of rotatable bonds is 8. The van der Waals surface area contributed by atoms with Crippen LogP contribution in [0.4, 0.5) is 0 Å². The molecule has 0 rings (SSSR count). The molecule has 0 aliphatic carbocycles. The van der Waals surface area contributed by atoms with Crippen LogP contribution in [0.25, 0.3) is 0 Å². The summed E-state index contributed by atoms with van der Waals surface area (Å²) < 4.78 is 0. The Bertz CT molecular complexity index is 139. The highest BCUT2D eigenvalue weighted by Crippen LogP contribution is 2.14. The zero-order chi connectivity index (χ0) is 11.8. The standard InChI is InChI=1S/C13H30N2/c1-7-8-13(10-14-5)15(6)12(4)9-11(2)3/h11-14H,7-10H2,1-6H3. The van der Waals surface area contributed by atoms with E-state index in [0.717, 1.165) is 12.5 Å². The van der Waals surface area contributed by atoms with Crippen LogP contribution < -0.4 is 5.32 Å². The lowest BCUT2D eigenvalue weighted by atomic mass is 10.0. The Morgan fingerprint density at radius 2 is 1.80 bits per heavy atom. The molecule has 0 aromatic carbocycles. The molecule has 0 amide bonds. The van der Waals surface area contributed by atoms with Crippen LogP contribution in [0.3, 0.4) is 0 Å². The molecule has 0 aliphatic rings. The van der Waals surface area contributed by atoms with Crippen LogP contribution >= 0.6 is 0 Å². The van der Waals surface area contributed by atoms with Crippen LogP contribution in [0.15, 0.2) is 0 Å². The minimum Gasteiger partial charge on any atom is -0.318 e. The fourth-order valence-electron chi connectivity index (χ4n) is 2.23. The first-order valence-electron chi connectivity index (χ1n) is 6.39. The second-order valence-corrected chi connectivity index (χ2v) is 5.14. The second-order valence-electron chi connectivity index (χ2n) is 5.14. The molecule has 0 spiro atoms. The molecule has 0 saturated heterocycles. The van der Waals surface area contributed by atoms with Gasteiger partial charge in [-0.25, -0.2) is 0 Å². The lowest BCUT2D eigenvalue weighted by Gasteiger charge is -2.34. The summed E-state index contributed by atoms with van der Waals surface area (Å²) >= 11 is 0. The van der Waals surface area contributed by atoms with Crippen LogP contribution in [0, 0.1) is 5.92 Å². The average molecular weight is 214 g/mol. The van der Waals surface area contributed by atoms with Crippen LogP contribution in [0.5, 0.6) is 0 Å². The first-order chi connectivity index (χ1) is 7.02. The zero-order valence-corrected chi connectivity index (χ0v) is 11.5. The third-order valence-electron chi connectivity index (χ3n) is 3.15. The molecule has 2 atom stereocenters. The van der Waals surface area contributed by atoms with Crippen molar-refractivity contribution in [3.05, 3.63) is 0 Å². The van der Waals surface area contributed by atoms with Crippen molar-refractivity contribution in [3.8, 4) is 0 Å². The van der Waals surface area contributed by atoms with Crippen molar-refractivity contribution in [2.75, 3.05) is 20.6 Å². The number of hydrogen-bond donors (Lipinski definition) is 1. The van der Waals surface area contributed by atoms with E-state index in [2.05, 4.69) is 45.0 Å². The Kier molecular flexibility index (Phi) is 8.07. The largest absolute Gasteiger partial charge is 0.318 e. The molecule has 0 heterocycles. The minimum absolute atomic E-state index is 0.689. The van der Waals surface area contributed by atoms with Gasteiger partial charge in [0.05, 0.1) is 0 Å². The highest BCUT2D eigenvalue weighted by Gasteiger charge is 2.18.